The molecule has 0 fully saturated rings. The standard InChI is InChI=1S/C11H23NO2/c1-5-10(13)7-9(6-8(2)3)11(14)12-4/h8-10,13H,5-7H2,1-4H3,(H,12,14). The van der Waals surface area contributed by atoms with Gasteiger partial charge in [0.15, 0.2) is 0 Å². The fraction of sp³-hybridized carbons (Fsp3) is 0.909. The summed E-state index contributed by atoms with van der Waals surface area (Å²) in [5, 5.41) is 12.2. The van der Waals surface area contributed by atoms with E-state index in [2.05, 4.69) is 19.2 Å². The summed E-state index contributed by atoms with van der Waals surface area (Å²) in [5.41, 5.74) is 0. The number of rotatable bonds is 6. The van der Waals surface area contributed by atoms with Crippen molar-refractivity contribution in [2.24, 2.45) is 11.8 Å². The molecule has 0 radical (unpaired) electrons. The molecule has 0 aliphatic carbocycles. The van der Waals surface area contributed by atoms with Crippen molar-refractivity contribution in [2.45, 2.75) is 46.1 Å². The zero-order chi connectivity index (χ0) is 11.1. The lowest BCUT2D eigenvalue weighted by Gasteiger charge is -2.19. The Morgan fingerprint density at radius 3 is 2.29 bits per heavy atom. The molecule has 0 aliphatic heterocycles. The summed E-state index contributed by atoms with van der Waals surface area (Å²) in [6.45, 7) is 6.11. The molecule has 2 atom stereocenters. The fourth-order valence-corrected chi connectivity index (χ4v) is 1.58. The van der Waals surface area contributed by atoms with Gasteiger partial charge in [-0.15, -0.1) is 0 Å². The summed E-state index contributed by atoms with van der Waals surface area (Å²) in [4.78, 5) is 11.5. The maximum Gasteiger partial charge on any atom is 0.222 e. The van der Waals surface area contributed by atoms with Crippen LogP contribution in [0.3, 0.4) is 0 Å². The maximum atomic E-state index is 11.5. The van der Waals surface area contributed by atoms with Gasteiger partial charge in [0.05, 0.1) is 6.10 Å². The second-order valence-electron chi connectivity index (χ2n) is 4.24. The molecule has 2 unspecified atom stereocenters. The topological polar surface area (TPSA) is 49.3 Å². The van der Waals surface area contributed by atoms with Crippen LogP contribution in [-0.2, 0) is 4.79 Å². The van der Waals surface area contributed by atoms with E-state index in [4.69, 9.17) is 0 Å². The van der Waals surface area contributed by atoms with Crippen LogP contribution >= 0.6 is 0 Å². The molecule has 1 amide bonds. The molecule has 0 saturated heterocycles. The van der Waals surface area contributed by atoms with Crippen LogP contribution < -0.4 is 5.32 Å². The van der Waals surface area contributed by atoms with Crippen LogP contribution in [0.2, 0.25) is 0 Å². The van der Waals surface area contributed by atoms with E-state index in [1.165, 1.54) is 0 Å². The van der Waals surface area contributed by atoms with Gasteiger partial charge in [0.2, 0.25) is 5.91 Å². The zero-order valence-electron chi connectivity index (χ0n) is 9.71. The number of hydrogen-bond acceptors (Lipinski definition) is 2. The predicted octanol–water partition coefficient (Wildman–Crippen LogP) is 1.56. The number of aliphatic hydroxyl groups excluding tert-OH is 1. The highest BCUT2D eigenvalue weighted by Crippen LogP contribution is 2.18. The number of carbonyl (C=O) groups excluding carboxylic acids is 1. The molecule has 84 valence electrons. The van der Waals surface area contributed by atoms with Gasteiger partial charge in [0.1, 0.15) is 0 Å². The number of carbonyl (C=O) groups is 1. The van der Waals surface area contributed by atoms with Crippen LogP contribution in [0.1, 0.15) is 40.0 Å². The Morgan fingerprint density at radius 2 is 1.93 bits per heavy atom. The molecule has 3 heteroatoms. The van der Waals surface area contributed by atoms with Crippen molar-refractivity contribution >= 4 is 5.91 Å². The predicted molar refractivity (Wildman–Crippen MR) is 57.9 cm³/mol. The van der Waals surface area contributed by atoms with Crippen LogP contribution in [0.25, 0.3) is 0 Å². The van der Waals surface area contributed by atoms with Crippen molar-refractivity contribution in [2.75, 3.05) is 7.05 Å². The SMILES string of the molecule is CCC(O)CC(CC(C)C)C(=O)NC. The smallest absolute Gasteiger partial charge is 0.222 e. The van der Waals surface area contributed by atoms with Crippen LogP contribution in [0.5, 0.6) is 0 Å². The molecule has 0 aliphatic rings. The molecule has 3 nitrogen and oxygen atoms in total. The third-order valence-corrected chi connectivity index (χ3v) is 2.40. The molecular formula is C11H23NO2. The number of hydrogen-bond donors (Lipinski definition) is 2. The van der Waals surface area contributed by atoms with Gasteiger partial charge in [-0.2, -0.15) is 0 Å². The van der Waals surface area contributed by atoms with Gasteiger partial charge in [0.25, 0.3) is 0 Å². The summed E-state index contributed by atoms with van der Waals surface area (Å²) in [7, 11) is 1.65. The average molecular weight is 201 g/mol. The molecule has 0 aromatic carbocycles. The van der Waals surface area contributed by atoms with Gasteiger partial charge in [-0.3, -0.25) is 4.79 Å². The Balaban J connectivity index is 4.17. The van der Waals surface area contributed by atoms with E-state index >= 15 is 0 Å². The van der Waals surface area contributed by atoms with Crippen molar-refractivity contribution in [1.82, 2.24) is 5.32 Å². The Morgan fingerprint density at radius 1 is 1.36 bits per heavy atom. The Bertz CT molecular complexity index is 169. The normalized spacial score (nSPS) is 15.3. The summed E-state index contributed by atoms with van der Waals surface area (Å²) in [6.07, 6.45) is 1.78. The first-order valence-corrected chi connectivity index (χ1v) is 5.40. The van der Waals surface area contributed by atoms with E-state index in [0.717, 1.165) is 6.42 Å². The molecule has 0 saturated carbocycles. The fourth-order valence-electron chi connectivity index (χ4n) is 1.58. The Hall–Kier alpha value is -0.570. The van der Waals surface area contributed by atoms with Gasteiger partial charge in [-0.05, 0) is 25.2 Å². The summed E-state index contributed by atoms with van der Waals surface area (Å²) < 4.78 is 0. The summed E-state index contributed by atoms with van der Waals surface area (Å²) in [6, 6.07) is 0. The van der Waals surface area contributed by atoms with Gasteiger partial charge >= 0.3 is 0 Å². The highest BCUT2D eigenvalue weighted by molar-refractivity contribution is 5.78. The van der Waals surface area contributed by atoms with E-state index in [1.54, 1.807) is 7.05 Å². The molecule has 2 N–H and O–H groups in total. The molecule has 0 heterocycles. The minimum Gasteiger partial charge on any atom is -0.393 e. The van der Waals surface area contributed by atoms with Gasteiger partial charge < -0.3 is 10.4 Å². The van der Waals surface area contributed by atoms with Crippen molar-refractivity contribution < 1.29 is 9.90 Å². The lowest BCUT2D eigenvalue weighted by atomic mass is 9.90. The van der Waals surface area contributed by atoms with Gasteiger partial charge in [0, 0.05) is 13.0 Å². The Kier molecular flexibility index (Phi) is 6.54. The Labute approximate surface area is 86.9 Å². The molecule has 0 aromatic rings. The van der Waals surface area contributed by atoms with Crippen LogP contribution in [0.15, 0.2) is 0 Å². The van der Waals surface area contributed by atoms with Crippen molar-refractivity contribution in [3.63, 3.8) is 0 Å². The highest BCUT2D eigenvalue weighted by Gasteiger charge is 2.21. The first kappa shape index (κ1) is 13.4. The van der Waals surface area contributed by atoms with Crippen LogP contribution in [-0.4, -0.2) is 24.2 Å². The highest BCUT2D eigenvalue weighted by atomic mass is 16.3. The first-order valence-electron chi connectivity index (χ1n) is 5.40. The lowest BCUT2D eigenvalue weighted by Crippen LogP contribution is -2.31. The van der Waals surface area contributed by atoms with Gasteiger partial charge in [-0.1, -0.05) is 20.8 Å². The largest absolute Gasteiger partial charge is 0.393 e. The van der Waals surface area contributed by atoms with E-state index in [-0.39, 0.29) is 17.9 Å². The van der Waals surface area contributed by atoms with E-state index in [9.17, 15) is 9.90 Å². The average Bonchev–Trinajstić information content (AvgIpc) is 2.14. The summed E-state index contributed by atoms with van der Waals surface area (Å²) >= 11 is 0. The third kappa shape index (κ3) is 5.22. The van der Waals surface area contributed by atoms with Crippen LogP contribution in [0, 0.1) is 11.8 Å². The van der Waals surface area contributed by atoms with E-state index in [1.807, 2.05) is 6.92 Å². The number of aliphatic hydroxyl groups is 1. The molecule has 0 aromatic heterocycles. The molecular weight excluding hydrogens is 178 g/mol. The molecule has 14 heavy (non-hydrogen) atoms. The van der Waals surface area contributed by atoms with Crippen molar-refractivity contribution in [3.05, 3.63) is 0 Å². The van der Waals surface area contributed by atoms with Crippen molar-refractivity contribution in [3.8, 4) is 0 Å². The monoisotopic (exact) mass is 201 g/mol. The third-order valence-electron chi connectivity index (χ3n) is 2.40. The van der Waals surface area contributed by atoms with E-state index in [0.29, 0.717) is 18.8 Å². The number of amides is 1. The zero-order valence-corrected chi connectivity index (χ0v) is 9.71. The lowest BCUT2D eigenvalue weighted by molar-refractivity contribution is -0.126. The maximum absolute atomic E-state index is 11.5. The quantitative estimate of drug-likeness (QED) is 0.685. The molecule has 0 rings (SSSR count). The van der Waals surface area contributed by atoms with Crippen LogP contribution in [0.4, 0.5) is 0 Å². The van der Waals surface area contributed by atoms with Crippen molar-refractivity contribution in [1.29, 1.82) is 0 Å². The molecule has 0 bridgehead atoms. The second kappa shape index (κ2) is 6.82. The van der Waals surface area contributed by atoms with Gasteiger partial charge in [-0.25, -0.2) is 0 Å². The van der Waals surface area contributed by atoms with E-state index < -0.39 is 0 Å². The first-order chi connectivity index (χ1) is 6.51. The minimum absolute atomic E-state index is 0.0463. The number of nitrogens with one attached hydrogen (secondary N) is 1. The minimum atomic E-state index is -0.351. The molecule has 0 spiro atoms. The summed E-state index contributed by atoms with van der Waals surface area (Å²) in [5.74, 6) is 0.488. The second-order valence-corrected chi connectivity index (χ2v) is 4.24.